The molecule has 2 aliphatic rings. The molecule has 4 aromatic rings. The lowest BCUT2D eigenvalue weighted by atomic mass is 9.88. The molecule has 166 valence electrons. The highest BCUT2D eigenvalue weighted by Gasteiger charge is 2.32. The van der Waals surface area contributed by atoms with Gasteiger partial charge in [0.15, 0.2) is 35.7 Å². The number of hydrogen-bond donors (Lipinski definition) is 0. The van der Waals surface area contributed by atoms with Gasteiger partial charge in [-0.1, -0.05) is 34.1 Å². The highest BCUT2D eigenvalue weighted by atomic mass is 79.9. The van der Waals surface area contributed by atoms with Crippen LogP contribution in [0.2, 0.25) is 0 Å². The second kappa shape index (κ2) is 7.96. The predicted molar refractivity (Wildman–Crippen MR) is 129 cm³/mol. The number of methoxy groups -OCH3 is 2. The fraction of sp³-hybridized carbons (Fsp3) is 0.222. The van der Waals surface area contributed by atoms with E-state index in [0.29, 0.717) is 0 Å². The van der Waals surface area contributed by atoms with Crippen LogP contribution in [-0.2, 0) is 19.4 Å². The molecule has 1 aromatic heterocycles. The summed E-state index contributed by atoms with van der Waals surface area (Å²) in [5.74, 6) is 3.13. The first-order chi connectivity index (χ1) is 16.2. The zero-order valence-corrected chi connectivity index (χ0v) is 20.1. The summed E-state index contributed by atoms with van der Waals surface area (Å²) >= 11 is 3.75. The summed E-state index contributed by atoms with van der Waals surface area (Å²) in [4.78, 5) is 0. The highest BCUT2D eigenvalue weighted by molar-refractivity contribution is 9.10. The Labute approximate surface area is 200 Å². The van der Waals surface area contributed by atoms with Crippen molar-refractivity contribution in [2.24, 2.45) is 0 Å². The zero-order valence-electron chi connectivity index (χ0n) is 18.5. The topological polar surface area (TPSA) is 40.8 Å². The molecule has 0 bridgehead atoms. The monoisotopic (exact) mass is 504 g/mol. The van der Waals surface area contributed by atoms with Crippen LogP contribution in [0, 0.1) is 0 Å². The Balaban J connectivity index is 1.67. The molecule has 2 aliphatic heterocycles. The number of aromatic nitrogens is 1. The molecule has 0 aliphatic carbocycles. The van der Waals surface area contributed by atoms with Crippen molar-refractivity contribution in [1.82, 2.24) is 0 Å². The molecule has 0 saturated heterocycles. The Hall–Kier alpha value is -3.25. The molecule has 0 radical (unpaired) electrons. The standard InChI is InChI=1S/C27H23BrNO4/c1-30-23-8-7-18-20(11-17-5-3-4-6-22(17)28)26-19-13-25-24(32-15-33-25)12-16(19)9-10-29(26)14-21(18)27(23)31-2/h3-8,12-14H,9-11,15H2,1-2H3/q+1. The lowest BCUT2D eigenvalue weighted by Crippen LogP contribution is -2.41. The Morgan fingerprint density at radius 3 is 2.58 bits per heavy atom. The van der Waals surface area contributed by atoms with Crippen LogP contribution in [0.3, 0.4) is 0 Å². The molecule has 3 aromatic carbocycles. The third-order valence-electron chi connectivity index (χ3n) is 6.57. The first-order valence-electron chi connectivity index (χ1n) is 10.9. The van der Waals surface area contributed by atoms with Gasteiger partial charge in [0.1, 0.15) is 0 Å². The molecule has 0 amide bonds. The van der Waals surface area contributed by atoms with Crippen molar-refractivity contribution in [3.63, 3.8) is 0 Å². The number of nitrogens with zero attached hydrogens (tertiary/aromatic N) is 1. The van der Waals surface area contributed by atoms with E-state index in [9.17, 15) is 0 Å². The molecule has 3 heterocycles. The van der Waals surface area contributed by atoms with E-state index >= 15 is 0 Å². The number of rotatable bonds is 4. The second-order valence-corrected chi connectivity index (χ2v) is 9.15. The van der Waals surface area contributed by atoms with Crippen LogP contribution in [0.15, 0.2) is 59.2 Å². The number of fused-ring (bicyclic) bond motifs is 5. The molecule has 6 heteroatoms. The van der Waals surface area contributed by atoms with E-state index in [-0.39, 0.29) is 6.79 Å². The van der Waals surface area contributed by atoms with Gasteiger partial charge < -0.3 is 18.9 Å². The molecule has 0 N–H and O–H groups in total. The lowest BCUT2D eigenvalue weighted by Gasteiger charge is -2.21. The molecule has 0 atom stereocenters. The summed E-state index contributed by atoms with van der Waals surface area (Å²) in [6, 6.07) is 16.8. The van der Waals surface area contributed by atoms with Crippen molar-refractivity contribution in [1.29, 1.82) is 0 Å². The maximum atomic E-state index is 5.82. The van der Waals surface area contributed by atoms with Gasteiger partial charge in [-0.25, -0.2) is 0 Å². The summed E-state index contributed by atoms with van der Waals surface area (Å²) in [5, 5.41) is 2.20. The van der Waals surface area contributed by atoms with Crippen LogP contribution >= 0.6 is 15.9 Å². The van der Waals surface area contributed by atoms with Gasteiger partial charge in [0.05, 0.1) is 25.2 Å². The van der Waals surface area contributed by atoms with Crippen molar-refractivity contribution in [2.75, 3.05) is 21.0 Å². The molecule has 5 nitrogen and oxygen atoms in total. The van der Waals surface area contributed by atoms with Crippen LogP contribution in [0.25, 0.3) is 22.0 Å². The fourth-order valence-corrected chi connectivity index (χ4v) is 5.45. The molecule has 0 unspecified atom stereocenters. The van der Waals surface area contributed by atoms with E-state index in [1.165, 1.54) is 27.9 Å². The van der Waals surface area contributed by atoms with Gasteiger partial charge in [0.25, 0.3) is 0 Å². The van der Waals surface area contributed by atoms with E-state index < -0.39 is 0 Å². The average molecular weight is 505 g/mol. The number of benzene rings is 3. The molecular formula is C27H23BrNO4+. The third-order valence-corrected chi connectivity index (χ3v) is 7.34. The molecule has 0 fully saturated rings. The van der Waals surface area contributed by atoms with Gasteiger partial charge in [-0.05, 0) is 41.5 Å². The van der Waals surface area contributed by atoms with Gasteiger partial charge in [0.2, 0.25) is 12.5 Å². The molecule has 0 saturated carbocycles. The van der Waals surface area contributed by atoms with E-state index in [1.807, 2.05) is 12.1 Å². The SMILES string of the molecule is COc1ccc2c(Cc3ccccc3Br)c3[n+](cc2c1OC)CCc1cc2c(cc1-3)OCO2. The number of halogens is 1. The van der Waals surface area contributed by atoms with Gasteiger partial charge in [-0.3, -0.25) is 0 Å². The molecule has 0 spiro atoms. The largest absolute Gasteiger partial charge is 0.493 e. The van der Waals surface area contributed by atoms with E-state index in [1.54, 1.807) is 14.2 Å². The summed E-state index contributed by atoms with van der Waals surface area (Å²) in [6.07, 6.45) is 3.90. The smallest absolute Gasteiger partial charge is 0.231 e. The Morgan fingerprint density at radius 2 is 1.79 bits per heavy atom. The predicted octanol–water partition coefficient (Wildman–Crippen LogP) is 5.45. The number of hydrogen-bond acceptors (Lipinski definition) is 4. The van der Waals surface area contributed by atoms with Crippen LogP contribution in [0.5, 0.6) is 23.0 Å². The third kappa shape index (κ3) is 3.23. The quantitative estimate of drug-likeness (QED) is 0.346. The van der Waals surface area contributed by atoms with E-state index in [0.717, 1.165) is 57.6 Å². The molecule has 33 heavy (non-hydrogen) atoms. The second-order valence-electron chi connectivity index (χ2n) is 8.29. The number of ether oxygens (including phenoxy) is 4. The van der Waals surface area contributed by atoms with Gasteiger partial charge in [0, 0.05) is 28.3 Å². The van der Waals surface area contributed by atoms with Crippen molar-refractivity contribution >= 4 is 26.7 Å². The summed E-state index contributed by atoms with van der Waals surface area (Å²) in [5.41, 5.74) is 6.18. The molecule has 6 rings (SSSR count). The minimum Gasteiger partial charge on any atom is -0.493 e. The van der Waals surface area contributed by atoms with E-state index in [4.69, 9.17) is 18.9 Å². The van der Waals surface area contributed by atoms with Crippen molar-refractivity contribution in [3.05, 3.63) is 75.9 Å². The zero-order chi connectivity index (χ0) is 22.5. The van der Waals surface area contributed by atoms with Crippen LogP contribution in [0.4, 0.5) is 0 Å². The highest BCUT2D eigenvalue weighted by Crippen LogP contribution is 2.44. The Bertz CT molecular complexity index is 1420. The van der Waals surface area contributed by atoms with Gasteiger partial charge in [-0.2, -0.15) is 4.57 Å². The summed E-state index contributed by atoms with van der Waals surface area (Å²) in [7, 11) is 3.38. The average Bonchev–Trinajstić information content (AvgIpc) is 3.30. The van der Waals surface area contributed by atoms with Crippen molar-refractivity contribution < 1.29 is 23.5 Å². The summed E-state index contributed by atoms with van der Waals surface area (Å²) in [6.45, 7) is 1.15. The minimum atomic E-state index is 0.275. The van der Waals surface area contributed by atoms with Gasteiger partial charge in [-0.15, -0.1) is 0 Å². The van der Waals surface area contributed by atoms with Crippen molar-refractivity contribution in [2.45, 2.75) is 19.4 Å². The van der Waals surface area contributed by atoms with E-state index in [2.05, 4.69) is 63.1 Å². The maximum absolute atomic E-state index is 5.82. The lowest BCUT2D eigenvalue weighted by molar-refractivity contribution is -0.686. The molecular weight excluding hydrogens is 482 g/mol. The van der Waals surface area contributed by atoms with Gasteiger partial charge >= 0.3 is 0 Å². The fourth-order valence-electron chi connectivity index (χ4n) is 5.02. The minimum absolute atomic E-state index is 0.275. The van der Waals surface area contributed by atoms with Crippen molar-refractivity contribution in [3.8, 4) is 34.3 Å². The maximum Gasteiger partial charge on any atom is 0.231 e. The first kappa shape index (κ1) is 20.4. The van der Waals surface area contributed by atoms with Crippen LogP contribution in [-0.4, -0.2) is 21.0 Å². The Morgan fingerprint density at radius 1 is 0.970 bits per heavy atom. The Kier molecular flexibility index (Phi) is 4.91. The van der Waals surface area contributed by atoms with Crippen LogP contribution in [0.1, 0.15) is 16.7 Å². The number of pyridine rings is 1. The summed E-state index contributed by atoms with van der Waals surface area (Å²) < 4.78 is 26.3. The number of aryl methyl sites for hydroxylation is 2. The van der Waals surface area contributed by atoms with Crippen LogP contribution < -0.4 is 23.5 Å². The normalized spacial score (nSPS) is 13.5. The first-order valence-corrected chi connectivity index (χ1v) is 11.7.